The Morgan fingerprint density at radius 1 is 1.59 bits per heavy atom. The molecule has 1 atom stereocenters. The second-order valence-electron chi connectivity index (χ2n) is 3.59. The van der Waals surface area contributed by atoms with E-state index in [1.165, 1.54) is 0 Å². The predicted molar refractivity (Wildman–Crippen MR) is 60.8 cm³/mol. The number of phenolic OH excluding ortho intramolecular Hbond substituents is 1. The van der Waals surface area contributed by atoms with Gasteiger partial charge in [0.15, 0.2) is 5.75 Å². The third-order valence-electron chi connectivity index (χ3n) is 2.34. The molecular weight excluding hydrogens is 225 g/mol. The van der Waals surface area contributed by atoms with Gasteiger partial charge < -0.3 is 25.6 Å². The number of benzene rings is 1. The standard InChI is InChI=1S/C10H13BNO5/c1-5-2-3-6(4-7(12)10(14)15)8(13)9(5)17-11-16/h2-3,7,13,16H,4,12H2,1H3,(H,14,15)/t7-/m0/s1. The highest BCUT2D eigenvalue weighted by molar-refractivity contribution is 6.17. The van der Waals surface area contributed by atoms with Crippen LogP contribution in [0.4, 0.5) is 0 Å². The van der Waals surface area contributed by atoms with Crippen molar-refractivity contribution in [3.05, 3.63) is 23.3 Å². The van der Waals surface area contributed by atoms with E-state index in [0.29, 0.717) is 18.8 Å². The highest BCUT2D eigenvalue weighted by atomic mass is 16.5. The summed E-state index contributed by atoms with van der Waals surface area (Å²) < 4.78 is 4.74. The summed E-state index contributed by atoms with van der Waals surface area (Å²) in [5.41, 5.74) is 6.33. The zero-order valence-electron chi connectivity index (χ0n) is 9.25. The number of carbonyl (C=O) groups is 1. The Kier molecular flexibility index (Phi) is 4.36. The number of phenols is 1. The smallest absolute Gasteiger partial charge is 0.535 e. The van der Waals surface area contributed by atoms with E-state index in [-0.39, 0.29) is 17.9 Å². The summed E-state index contributed by atoms with van der Waals surface area (Å²) in [5, 5.41) is 27.1. The Morgan fingerprint density at radius 3 is 2.76 bits per heavy atom. The monoisotopic (exact) mass is 238 g/mol. The Hall–Kier alpha value is -1.73. The summed E-state index contributed by atoms with van der Waals surface area (Å²) >= 11 is 0. The number of carboxylic acids is 1. The first-order chi connectivity index (χ1) is 7.97. The molecule has 0 aliphatic carbocycles. The first-order valence-corrected chi connectivity index (χ1v) is 4.89. The molecule has 0 fully saturated rings. The average molecular weight is 238 g/mol. The van der Waals surface area contributed by atoms with Crippen molar-refractivity contribution in [2.75, 3.05) is 0 Å². The fraction of sp³-hybridized carbons (Fsp3) is 0.300. The third-order valence-corrected chi connectivity index (χ3v) is 2.34. The van der Waals surface area contributed by atoms with Gasteiger partial charge >= 0.3 is 13.7 Å². The van der Waals surface area contributed by atoms with E-state index in [9.17, 15) is 9.90 Å². The van der Waals surface area contributed by atoms with Crippen LogP contribution in [0.2, 0.25) is 0 Å². The molecule has 7 heteroatoms. The van der Waals surface area contributed by atoms with Gasteiger partial charge in [-0.2, -0.15) is 0 Å². The van der Waals surface area contributed by atoms with E-state index >= 15 is 0 Å². The number of hydrogen-bond acceptors (Lipinski definition) is 5. The number of aromatic hydroxyl groups is 1. The van der Waals surface area contributed by atoms with Gasteiger partial charge in [0.2, 0.25) is 0 Å². The van der Waals surface area contributed by atoms with Gasteiger partial charge in [0.1, 0.15) is 11.8 Å². The molecule has 1 aromatic carbocycles. The van der Waals surface area contributed by atoms with Gasteiger partial charge in [0.25, 0.3) is 0 Å². The highest BCUT2D eigenvalue weighted by Crippen LogP contribution is 2.33. The number of aryl methyl sites for hydroxylation is 1. The van der Waals surface area contributed by atoms with E-state index in [4.69, 9.17) is 20.5 Å². The largest absolute Gasteiger partial charge is 0.569 e. The molecule has 0 saturated carbocycles. The number of carboxylic acid groups (broad SMARTS) is 1. The van der Waals surface area contributed by atoms with Gasteiger partial charge in [-0.1, -0.05) is 12.1 Å². The number of nitrogens with two attached hydrogens (primary N) is 1. The first-order valence-electron chi connectivity index (χ1n) is 4.89. The molecule has 1 radical (unpaired) electrons. The van der Waals surface area contributed by atoms with Crippen LogP contribution >= 0.6 is 0 Å². The lowest BCUT2D eigenvalue weighted by Gasteiger charge is -2.13. The molecule has 0 unspecified atom stereocenters. The Labute approximate surface area is 98.9 Å². The van der Waals surface area contributed by atoms with E-state index in [1.54, 1.807) is 19.1 Å². The third kappa shape index (κ3) is 3.12. The molecule has 0 bridgehead atoms. The summed E-state index contributed by atoms with van der Waals surface area (Å²) in [5.74, 6) is -1.28. The summed E-state index contributed by atoms with van der Waals surface area (Å²) in [6, 6.07) is 2.11. The summed E-state index contributed by atoms with van der Waals surface area (Å²) in [6.45, 7) is 1.68. The molecular formula is C10H13BNO5. The van der Waals surface area contributed by atoms with Crippen molar-refractivity contribution in [3.63, 3.8) is 0 Å². The lowest BCUT2D eigenvalue weighted by atomic mass is 10.0. The SMILES string of the molecule is Cc1ccc(C[C@H](N)C(=O)O)c(O)c1O[B]O. The van der Waals surface area contributed by atoms with Gasteiger partial charge in [-0.05, 0) is 18.1 Å². The predicted octanol–water partition coefficient (Wildman–Crippen LogP) is -0.440. The number of rotatable bonds is 5. The molecule has 0 spiro atoms. The Morgan fingerprint density at radius 2 is 2.24 bits per heavy atom. The van der Waals surface area contributed by atoms with Crippen molar-refractivity contribution < 1.29 is 24.7 Å². The highest BCUT2D eigenvalue weighted by Gasteiger charge is 2.18. The molecule has 0 heterocycles. The summed E-state index contributed by atoms with van der Waals surface area (Å²) in [6.07, 6.45) is -0.0246. The fourth-order valence-corrected chi connectivity index (χ4v) is 1.40. The summed E-state index contributed by atoms with van der Waals surface area (Å²) in [4.78, 5) is 10.6. The minimum absolute atomic E-state index is 0.0246. The Bertz CT molecular complexity index is 423. The normalized spacial score (nSPS) is 11.9. The molecule has 0 aliphatic rings. The van der Waals surface area contributed by atoms with Crippen LogP contribution in [-0.2, 0) is 11.2 Å². The lowest BCUT2D eigenvalue weighted by Crippen LogP contribution is -2.32. The van der Waals surface area contributed by atoms with Crippen LogP contribution in [-0.4, -0.2) is 34.9 Å². The van der Waals surface area contributed by atoms with Gasteiger partial charge in [0.05, 0.1) is 0 Å². The van der Waals surface area contributed by atoms with E-state index in [1.807, 2.05) is 0 Å². The first kappa shape index (κ1) is 13.3. The molecule has 17 heavy (non-hydrogen) atoms. The number of aliphatic carboxylic acids is 1. The molecule has 0 aromatic heterocycles. The summed E-state index contributed by atoms with van der Waals surface area (Å²) in [7, 11) is 0.447. The molecule has 0 saturated heterocycles. The van der Waals surface area contributed by atoms with Crippen LogP contribution < -0.4 is 10.4 Å². The van der Waals surface area contributed by atoms with Crippen molar-refractivity contribution in [2.24, 2.45) is 5.73 Å². The average Bonchev–Trinajstić information content (AvgIpc) is 2.28. The zero-order chi connectivity index (χ0) is 13.0. The Balaban J connectivity index is 3.01. The molecule has 1 aromatic rings. The second-order valence-corrected chi connectivity index (χ2v) is 3.59. The number of hydrogen-bond donors (Lipinski definition) is 4. The van der Waals surface area contributed by atoms with Crippen molar-refractivity contribution in [2.45, 2.75) is 19.4 Å². The maximum atomic E-state index is 10.6. The van der Waals surface area contributed by atoms with Crippen LogP contribution in [0.1, 0.15) is 11.1 Å². The van der Waals surface area contributed by atoms with Crippen molar-refractivity contribution in [1.82, 2.24) is 0 Å². The second kappa shape index (κ2) is 5.56. The van der Waals surface area contributed by atoms with Gasteiger partial charge in [-0.15, -0.1) is 0 Å². The molecule has 5 N–H and O–H groups in total. The van der Waals surface area contributed by atoms with Crippen molar-refractivity contribution in [3.8, 4) is 11.5 Å². The van der Waals surface area contributed by atoms with E-state index < -0.39 is 12.0 Å². The zero-order valence-corrected chi connectivity index (χ0v) is 9.25. The molecule has 1 rings (SSSR count). The molecule has 0 amide bonds. The molecule has 91 valence electrons. The van der Waals surface area contributed by atoms with E-state index in [2.05, 4.69) is 0 Å². The van der Waals surface area contributed by atoms with Gasteiger partial charge in [0, 0.05) is 6.42 Å². The molecule has 6 nitrogen and oxygen atoms in total. The van der Waals surface area contributed by atoms with Gasteiger partial charge in [-0.3, -0.25) is 4.79 Å². The quantitative estimate of drug-likeness (QED) is 0.517. The van der Waals surface area contributed by atoms with Crippen molar-refractivity contribution >= 4 is 13.7 Å². The van der Waals surface area contributed by atoms with E-state index in [0.717, 1.165) is 0 Å². The van der Waals surface area contributed by atoms with Gasteiger partial charge in [-0.25, -0.2) is 0 Å². The van der Waals surface area contributed by atoms with Crippen LogP contribution in [0.25, 0.3) is 0 Å². The van der Waals surface area contributed by atoms with Crippen LogP contribution in [0.5, 0.6) is 11.5 Å². The fourth-order valence-electron chi connectivity index (χ4n) is 1.40. The van der Waals surface area contributed by atoms with Crippen molar-refractivity contribution in [1.29, 1.82) is 0 Å². The molecule has 0 aliphatic heterocycles. The topological polar surface area (TPSA) is 113 Å². The van der Waals surface area contributed by atoms with Crippen LogP contribution in [0.3, 0.4) is 0 Å². The minimum atomic E-state index is -1.15. The maximum absolute atomic E-state index is 10.6. The lowest BCUT2D eigenvalue weighted by molar-refractivity contribution is -0.138. The maximum Gasteiger partial charge on any atom is 0.569 e. The minimum Gasteiger partial charge on any atom is -0.535 e. The van der Waals surface area contributed by atoms with Crippen LogP contribution in [0.15, 0.2) is 12.1 Å². The van der Waals surface area contributed by atoms with Crippen LogP contribution in [0, 0.1) is 6.92 Å².